The van der Waals surface area contributed by atoms with E-state index in [9.17, 15) is 19.7 Å². The van der Waals surface area contributed by atoms with Gasteiger partial charge in [0.2, 0.25) is 0 Å². The summed E-state index contributed by atoms with van der Waals surface area (Å²) in [4.78, 5) is 36.2. The highest BCUT2D eigenvalue weighted by atomic mass is 16.6. The van der Waals surface area contributed by atoms with Crippen LogP contribution < -0.4 is 4.74 Å². The second-order valence-electron chi connectivity index (χ2n) is 9.17. The summed E-state index contributed by atoms with van der Waals surface area (Å²) in [7, 11) is 0. The van der Waals surface area contributed by atoms with Gasteiger partial charge in [0.25, 0.3) is 17.5 Å². The Morgan fingerprint density at radius 1 is 0.970 bits per heavy atom. The summed E-state index contributed by atoms with van der Waals surface area (Å²) in [5.74, 6) is 1.31. The monoisotopic (exact) mass is 443 g/mol. The zero-order valence-corrected chi connectivity index (χ0v) is 17.6. The van der Waals surface area contributed by atoms with Gasteiger partial charge in [0.15, 0.2) is 0 Å². The highest BCUT2D eigenvalue weighted by Gasteiger charge is 2.67. The summed E-state index contributed by atoms with van der Waals surface area (Å²) >= 11 is 0. The molecular weight excluding hydrogens is 422 g/mol. The number of allylic oxidation sites excluding steroid dienone is 2. The number of hydrogen-bond acceptors (Lipinski definition) is 6. The second-order valence-corrected chi connectivity index (χ2v) is 9.17. The Morgan fingerprint density at radius 2 is 1.58 bits per heavy atom. The molecular formula is C25H21N3O5. The van der Waals surface area contributed by atoms with Gasteiger partial charge in [-0.3, -0.25) is 19.7 Å². The summed E-state index contributed by atoms with van der Waals surface area (Å²) in [6.45, 7) is 0.281. The summed E-state index contributed by atoms with van der Waals surface area (Å²) in [6, 6.07) is 13.4. The molecule has 1 saturated heterocycles. The Morgan fingerprint density at radius 3 is 2.15 bits per heavy atom. The fourth-order valence-corrected chi connectivity index (χ4v) is 5.71. The maximum absolute atomic E-state index is 13.0. The Labute approximate surface area is 189 Å². The van der Waals surface area contributed by atoms with Crippen molar-refractivity contribution >= 4 is 23.7 Å². The molecule has 0 N–H and O–H groups in total. The van der Waals surface area contributed by atoms with Gasteiger partial charge in [0.1, 0.15) is 12.4 Å². The van der Waals surface area contributed by atoms with E-state index >= 15 is 0 Å². The van der Waals surface area contributed by atoms with E-state index < -0.39 is 4.92 Å². The molecule has 0 unspecified atom stereocenters. The molecule has 2 amide bonds. The van der Waals surface area contributed by atoms with E-state index in [2.05, 4.69) is 17.3 Å². The molecule has 7 rings (SSSR count). The van der Waals surface area contributed by atoms with Crippen molar-refractivity contribution in [2.45, 2.75) is 13.0 Å². The normalized spacial score (nSPS) is 31.1. The minimum Gasteiger partial charge on any atom is -0.489 e. The van der Waals surface area contributed by atoms with Crippen molar-refractivity contribution in [2.24, 2.45) is 40.6 Å². The van der Waals surface area contributed by atoms with Gasteiger partial charge in [-0.2, -0.15) is 10.1 Å². The fourth-order valence-electron chi connectivity index (χ4n) is 5.71. The van der Waals surface area contributed by atoms with Crippen LogP contribution in [0.25, 0.3) is 0 Å². The van der Waals surface area contributed by atoms with Crippen molar-refractivity contribution in [2.75, 3.05) is 0 Å². The number of non-ortho nitro benzene ring substituents is 1. The number of nitrogens with zero attached hydrogens (tertiary/aromatic N) is 3. The van der Waals surface area contributed by atoms with Crippen LogP contribution in [0.1, 0.15) is 17.5 Å². The Balaban J connectivity index is 1.09. The highest BCUT2D eigenvalue weighted by molar-refractivity contribution is 6.06. The van der Waals surface area contributed by atoms with Crippen LogP contribution in [0.3, 0.4) is 0 Å². The number of imide groups is 1. The van der Waals surface area contributed by atoms with Gasteiger partial charge in [-0.15, -0.1) is 0 Å². The van der Waals surface area contributed by atoms with Gasteiger partial charge in [-0.05, 0) is 77.6 Å². The van der Waals surface area contributed by atoms with Crippen LogP contribution in [0, 0.1) is 45.6 Å². The van der Waals surface area contributed by atoms with Crippen LogP contribution in [-0.4, -0.2) is 28.0 Å². The third-order valence-electron chi connectivity index (χ3n) is 7.39. The predicted octanol–water partition coefficient (Wildman–Crippen LogP) is 3.56. The molecule has 8 nitrogen and oxygen atoms in total. The number of rotatable bonds is 6. The molecule has 2 saturated carbocycles. The molecule has 0 spiro atoms. The number of carbonyl (C=O) groups excluding carboxylic acids is 2. The van der Waals surface area contributed by atoms with Crippen molar-refractivity contribution in [3.8, 4) is 5.75 Å². The molecule has 2 aromatic carbocycles. The van der Waals surface area contributed by atoms with E-state index in [0.717, 1.165) is 22.6 Å². The smallest absolute Gasteiger partial charge is 0.269 e. The van der Waals surface area contributed by atoms with Crippen molar-refractivity contribution < 1.29 is 19.2 Å². The van der Waals surface area contributed by atoms with Crippen LogP contribution in [0.15, 0.2) is 65.8 Å². The van der Waals surface area contributed by atoms with Crippen LogP contribution >= 0.6 is 0 Å². The Bertz CT molecular complexity index is 1170. The molecule has 33 heavy (non-hydrogen) atoms. The van der Waals surface area contributed by atoms with Crippen molar-refractivity contribution in [1.29, 1.82) is 0 Å². The van der Waals surface area contributed by atoms with E-state index in [1.165, 1.54) is 18.3 Å². The number of nitro benzene ring substituents is 1. The van der Waals surface area contributed by atoms with Crippen molar-refractivity contribution in [3.63, 3.8) is 0 Å². The fraction of sp³-hybridized carbons (Fsp3) is 0.320. The first-order chi connectivity index (χ1) is 16.0. The zero-order chi connectivity index (χ0) is 22.7. The molecule has 8 heteroatoms. The quantitative estimate of drug-likeness (QED) is 0.223. The lowest BCUT2D eigenvalue weighted by Crippen LogP contribution is -2.40. The Hall–Kier alpha value is -3.81. The second kappa shape index (κ2) is 7.37. The highest BCUT2D eigenvalue weighted by Crippen LogP contribution is 2.65. The number of hydrogen-bond donors (Lipinski definition) is 0. The number of ether oxygens (including phenoxy) is 1. The minimum atomic E-state index is -0.439. The summed E-state index contributed by atoms with van der Waals surface area (Å²) in [6.07, 6.45) is 6.96. The van der Waals surface area contributed by atoms with Crippen molar-refractivity contribution in [1.82, 2.24) is 5.01 Å². The lowest BCUT2D eigenvalue weighted by molar-refractivity contribution is -0.384. The standard InChI is InChI=1S/C25H21N3O5/c29-24-22-18-9-10-19(21-11-20(18)21)23(22)25(30)27(24)26-12-14-3-7-17(8-4-14)33-13-15-1-5-16(6-2-15)28(31)32/h1-10,12,18-23H,11,13H2/b26-12-/t18-,19-,20-,21+,22+,23-/m1/s1. The van der Waals surface area contributed by atoms with Gasteiger partial charge < -0.3 is 4.74 Å². The first kappa shape index (κ1) is 19.8. The number of hydrazone groups is 1. The van der Waals surface area contributed by atoms with Crippen LogP contribution in [-0.2, 0) is 16.2 Å². The minimum absolute atomic E-state index is 0.0392. The number of benzene rings is 2. The number of nitro groups is 1. The molecule has 2 bridgehead atoms. The van der Waals surface area contributed by atoms with Crippen LogP contribution in [0.2, 0.25) is 0 Å². The maximum atomic E-state index is 13.0. The molecule has 0 aromatic heterocycles. The topological polar surface area (TPSA) is 102 Å². The SMILES string of the molecule is O=C1[C@@H]2[C@@H]3C=C[C@H]([C@H]4C[C@@H]34)[C@@H]2C(=O)N1/N=C\c1ccc(OCc2ccc([N+](=O)[O-])cc2)cc1. The lowest BCUT2D eigenvalue weighted by atomic mass is 9.63. The lowest BCUT2D eigenvalue weighted by Gasteiger charge is -2.37. The molecule has 0 radical (unpaired) electrons. The van der Waals surface area contributed by atoms with Gasteiger partial charge in [-0.25, -0.2) is 0 Å². The molecule has 5 aliphatic rings. The summed E-state index contributed by atoms with van der Waals surface area (Å²) < 4.78 is 5.73. The van der Waals surface area contributed by atoms with E-state index in [1.54, 1.807) is 36.4 Å². The third-order valence-corrected chi connectivity index (χ3v) is 7.39. The van der Waals surface area contributed by atoms with Gasteiger partial charge in [0, 0.05) is 12.1 Å². The van der Waals surface area contributed by atoms with E-state index in [0.29, 0.717) is 17.6 Å². The first-order valence-corrected chi connectivity index (χ1v) is 11.1. The van der Waals surface area contributed by atoms with Crippen LogP contribution in [0.4, 0.5) is 5.69 Å². The zero-order valence-electron chi connectivity index (χ0n) is 17.6. The largest absolute Gasteiger partial charge is 0.489 e. The van der Waals surface area contributed by atoms with Gasteiger partial charge >= 0.3 is 0 Å². The maximum Gasteiger partial charge on any atom is 0.269 e. The Kier molecular flexibility index (Phi) is 4.43. The van der Waals surface area contributed by atoms with E-state index in [1.807, 2.05) is 0 Å². The molecule has 166 valence electrons. The predicted molar refractivity (Wildman–Crippen MR) is 118 cm³/mol. The van der Waals surface area contributed by atoms with Gasteiger partial charge in [0.05, 0.1) is 23.0 Å². The third kappa shape index (κ3) is 3.25. The molecule has 4 aliphatic carbocycles. The van der Waals surface area contributed by atoms with Crippen LogP contribution in [0.5, 0.6) is 5.75 Å². The average Bonchev–Trinajstić information content (AvgIpc) is 3.62. The molecule has 2 aromatic rings. The van der Waals surface area contributed by atoms with E-state index in [-0.39, 0.29) is 47.8 Å². The molecule has 3 fully saturated rings. The average molecular weight is 443 g/mol. The number of carbonyl (C=O) groups is 2. The summed E-state index contributed by atoms with van der Waals surface area (Å²) in [5.41, 5.74) is 1.61. The summed E-state index contributed by atoms with van der Waals surface area (Å²) in [5, 5.41) is 16.1. The molecule has 1 aliphatic heterocycles. The number of amides is 2. The molecule has 1 heterocycles. The van der Waals surface area contributed by atoms with E-state index in [4.69, 9.17) is 4.74 Å². The van der Waals surface area contributed by atoms with Crippen molar-refractivity contribution in [3.05, 3.63) is 81.9 Å². The van der Waals surface area contributed by atoms with Gasteiger partial charge in [-0.1, -0.05) is 12.2 Å². The molecule has 6 atom stereocenters. The first-order valence-electron chi connectivity index (χ1n) is 11.1.